The van der Waals surface area contributed by atoms with Crippen LogP contribution < -0.4 is 0 Å². The minimum Gasteiger partial charge on any atom is -0.208 e. The first-order valence-electron chi connectivity index (χ1n) is 16.4. The lowest BCUT2D eigenvalue weighted by Gasteiger charge is -2.10. The maximum atomic E-state index is 5.15. The van der Waals surface area contributed by atoms with Crippen LogP contribution in [0.3, 0.4) is 0 Å². The summed E-state index contributed by atoms with van der Waals surface area (Å²) in [6.07, 6.45) is 0. The molecule has 2 aromatic heterocycles. The van der Waals surface area contributed by atoms with Gasteiger partial charge in [-0.15, -0.1) is 11.3 Å². The SMILES string of the molecule is c1ccc(-c2ccc(-c3nc(-c4ccccc4)nc(-c4cccc5sc6c(-c7cccc(-c8ccccc8)c7)cccc6c45)n3)cc2)cc1. The van der Waals surface area contributed by atoms with Gasteiger partial charge in [0.25, 0.3) is 0 Å². The van der Waals surface area contributed by atoms with Crippen LogP contribution in [0, 0.1) is 0 Å². The third-order valence-electron chi connectivity index (χ3n) is 8.96. The predicted octanol–water partition coefficient (Wildman–Crippen LogP) is 12.2. The smallest absolute Gasteiger partial charge is 0.164 e. The molecule has 0 aliphatic carbocycles. The number of nitrogens with zero attached hydrogens (tertiary/aromatic N) is 3. The highest BCUT2D eigenvalue weighted by molar-refractivity contribution is 7.26. The lowest BCUT2D eigenvalue weighted by Crippen LogP contribution is -2.00. The van der Waals surface area contributed by atoms with E-state index in [0.717, 1.165) is 22.3 Å². The highest BCUT2D eigenvalue weighted by Crippen LogP contribution is 2.44. The molecule has 9 rings (SSSR count). The summed E-state index contributed by atoms with van der Waals surface area (Å²) in [4.78, 5) is 15.3. The maximum absolute atomic E-state index is 5.15. The van der Waals surface area contributed by atoms with Crippen molar-refractivity contribution in [3.63, 3.8) is 0 Å². The molecule has 0 amide bonds. The summed E-state index contributed by atoms with van der Waals surface area (Å²) in [6, 6.07) is 61.5. The normalized spacial score (nSPS) is 11.3. The number of thiophene rings is 1. The number of hydrogen-bond acceptors (Lipinski definition) is 4. The van der Waals surface area contributed by atoms with E-state index in [-0.39, 0.29) is 0 Å². The Labute approximate surface area is 288 Å². The lowest BCUT2D eigenvalue weighted by atomic mass is 9.97. The average molecular weight is 644 g/mol. The van der Waals surface area contributed by atoms with E-state index in [1.165, 1.54) is 48.0 Å². The van der Waals surface area contributed by atoms with Crippen LogP contribution in [0.25, 0.3) is 87.7 Å². The molecule has 0 aliphatic rings. The molecule has 0 bridgehead atoms. The Morgan fingerprint density at radius 1 is 0.327 bits per heavy atom. The fourth-order valence-electron chi connectivity index (χ4n) is 6.54. The van der Waals surface area contributed by atoms with E-state index < -0.39 is 0 Å². The van der Waals surface area contributed by atoms with Gasteiger partial charge >= 0.3 is 0 Å². The Balaban J connectivity index is 1.20. The first kappa shape index (κ1) is 29.0. The minimum atomic E-state index is 0.651. The summed E-state index contributed by atoms with van der Waals surface area (Å²) in [5.74, 6) is 1.97. The molecule has 2 heterocycles. The summed E-state index contributed by atoms with van der Waals surface area (Å²) in [6.45, 7) is 0. The highest BCUT2D eigenvalue weighted by atomic mass is 32.1. The maximum Gasteiger partial charge on any atom is 0.164 e. The molecule has 9 aromatic rings. The molecular formula is C45H29N3S. The molecule has 3 nitrogen and oxygen atoms in total. The van der Waals surface area contributed by atoms with Crippen LogP contribution >= 0.6 is 11.3 Å². The van der Waals surface area contributed by atoms with Crippen LogP contribution in [-0.2, 0) is 0 Å². The molecule has 0 saturated heterocycles. The topological polar surface area (TPSA) is 38.7 Å². The molecule has 0 unspecified atom stereocenters. The van der Waals surface area contributed by atoms with Gasteiger partial charge in [-0.3, -0.25) is 0 Å². The molecule has 230 valence electrons. The summed E-state index contributed by atoms with van der Waals surface area (Å²) in [5, 5.41) is 2.37. The first-order valence-corrected chi connectivity index (χ1v) is 17.2. The Bertz CT molecular complexity index is 2580. The van der Waals surface area contributed by atoms with E-state index in [4.69, 9.17) is 15.0 Å². The van der Waals surface area contributed by atoms with Gasteiger partial charge in [-0.2, -0.15) is 0 Å². The van der Waals surface area contributed by atoms with E-state index in [1.54, 1.807) is 0 Å². The monoisotopic (exact) mass is 643 g/mol. The molecule has 0 radical (unpaired) electrons. The van der Waals surface area contributed by atoms with Crippen molar-refractivity contribution in [1.29, 1.82) is 0 Å². The van der Waals surface area contributed by atoms with Crippen molar-refractivity contribution in [2.75, 3.05) is 0 Å². The number of benzene rings is 7. The van der Waals surface area contributed by atoms with Crippen molar-refractivity contribution < 1.29 is 0 Å². The molecule has 49 heavy (non-hydrogen) atoms. The van der Waals surface area contributed by atoms with Crippen molar-refractivity contribution in [1.82, 2.24) is 15.0 Å². The predicted molar refractivity (Wildman–Crippen MR) is 205 cm³/mol. The Kier molecular flexibility index (Phi) is 7.34. The average Bonchev–Trinajstić information content (AvgIpc) is 3.58. The van der Waals surface area contributed by atoms with Gasteiger partial charge in [-0.1, -0.05) is 164 Å². The van der Waals surface area contributed by atoms with Gasteiger partial charge in [0.15, 0.2) is 17.5 Å². The van der Waals surface area contributed by atoms with Crippen LogP contribution in [-0.4, -0.2) is 15.0 Å². The molecule has 0 atom stereocenters. The molecule has 0 fully saturated rings. The molecule has 7 aromatic carbocycles. The zero-order chi connectivity index (χ0) is 32.6. The number of fused-ring (bicyclic) bond motifs is 3. The fourth-order valence-corrected chi connectivity index (χ4v) is 7.81. The van der Waals surface area contributed by atoms with Gasteiger partial charge in [0.1, 0.15) is 0 Å². The van der Waals surface area contributed by atoms with Crippen molar-refractivity contribution in [2.45, 2.75) is 0 Å². The van der Waals surface area contributed by atoms with Crippen molar-refractivity contribution >= 4 is 31.5 Å². The Morgan fingerprint density at radius 2 is 0.796 bits per heavy atom. The standard InChI is InChI=1S/C45H29N3S/c1-4-13-30(14-5-1)32-25-27-34(28-26-32)44-46-43(33-17-8-3-9-18-33)47-45(48-44)39-23-12-24-40-41(39)38-22-11-21-37(42(38)49-40)36-20-10-19-35(29-36)31-15-6-2-7-16-31/h1-29H. The highest BCUT2D eigenvalue weighted by Gasteiger charge is 2.18. The molecule has 0 spiro atoms. The van der Waals surface area contributed by atoms with Crippen molar-refractivity contribution in [3.8, 4) is 67.5 Å². The summed E-state index contributed by atoms with van der Waals surface area (Å²) in [7, 11) is 0. The van der Waals surface area contributed by atoms with Gasteiger partial charge in [-0.05, 0) is 45.5 Å². The van der Waals surface area contributed by atoms with Crippen LogP contribution in [0.15, 0.2) is 176 Å². The Hall–Kier alpha value is -6.23. The van der Waals surface area contributed by atoms with Crippen LogP contribution in [0.4, 0.5) is 0 Å². The quantitative estimate of drug-likeness (QED) is 0.181. The third kappa shape index (κ3) is 5.48. The Morgan fingerprint density at radius 3 is 1.49 bits per heavy atom. The summed E-state index contributed by atoms with van der Waals surface area (Å²) < 4.78 is 2.46. The van der Waals surface area contributed by atoms with Crippen molar-refractivity contribution in [3.05, 3.63) is 176 Å². The number of aromatic nitrogens is 3. The second-order valence-electron chi connectivity index (χ2n) is 12.0. The van der Waals surface area contributed by atoms with Gasteiger partial charge < -0.3 is 0 Å². The molecule has 0 N–H and O–H groups in total. The van der Waals surface area contributed by atoms with E-state index in [0.29, 0.717) is 17.5 Å². The fraction of sp³-hybridized carbons (Fsp3) is 0. The van der Waals surface area contributed by atoms with Crippen LogP contribution in [0.5, 0.6) is 0 Å². The second kappa shape index (κ2) is 12.4. The van der Waals surface area contributed by atoms with Gasteiger partial charge in [0.2, 0.25) is 0 Å². The summed E-state index contributed by atoms with van der Waals surface area (Å²) in [5.41, 5.74) is 10.1. The molecule has 0 saturated carbocycles. The number of rotatable bonds is 6. The van der Waals surface area contributed by atoms with E-state index >= 15 is 0 Å². The van der Waals surface area contributed by atoms with Crippen LogP contribution in [0.2, 0.25) is 0 Å². The van der Waals surface area contributed by atoms with Gasteiger partial charge in [0, 0.05) is 36.9 Å². The zero-order valence-corrected chi connectivity index (χ0v) is 27.3. The molecule has 4 heteroatoms. The van der Waals surface area contributed by atoms with E-state index in [1.807, 2.05) is 35.6 Å². The molecule has 0 aliphatic heterocycles. The minimum absolute atomic E-state index is 0.651. The molecular weight excluding hydrogens is 615 g/mol. The van der Waals surface area contributed by atoms with E-state index in [2.05, 4.69) is 152 Å². The zero-order valence-electron chi connectivity index (χ0n) is 26.5. The summed E-state index contributed by atoms with van der Waals surface area (Å²) >= 11 is 1.82. The van der Waals surface area contributed by atoms with Crippen LogP contribution in [0.1, 0.15) is 0 Å². The first-order chi connectivity index (χ1) is 24.3. The lowest BCUT2D eigenvalue weighted by molar-refractivity contribution is 1.08. The number of hydrogen-bond donors (Lipinski definition) is 0. The second-order valence-corrected chi connectivity index (χ2v) is 13.1. The van der Waals surface area contributed by atoms with E-state index in [9.17, 15) is 0 Å². The van der Waals surface area contributed by atoms with Crippen molar-refractivity contribution in [2.24, 2.45) is 0 Å². The largest absolute Gasteiger partial charge is 0.208 e. The third-order valence-corrected chi connectivity index (χ3v) is 10.2. The van der Waals surface area contributed by atoms with Gasteiger partial charge in [-0.25, -0.2) is 15.0 Å². The van der Waals surface area contributed by atoms with Gasteiger partial charge in [0.05, 0.1) is 0 Å².